The van der Waals surface area contributed by atoms with Crippen molar-refractivity contribution in [3.05, 3.63) is 69.3 Å². The maximum atomic E-state index is 12.8. The number of non-ortho nitro benzene ring substituents is 1. The van der Waals surface area contributed by atoms with Crippen LogP contribution >= 0.6 is 0 Å². The molecule has 0 saturated heterocycles. The van der Waals surface area contributed by atoms with Crippen LogP contribution in [0, 0.1) is 17.0 Å². The Bertz CT molecular complexity index is 970. The molecule has 0 bridgehead atoms. The number of nitro benzene ring substituents is 1. The molecule has 3 amide bonds. The lowest BCUT2D eigenvalue weighted by molar-refractivity contribution is -0.384. The summed E-state index contributed by atoms with van der Waals surface area (Å²) in [7, 11) is 0. The summed E-state index contributed by atoms with van der Waals surface area (Å²) in [6.07, 6.45) is 0. The van der Waals surface area contributed by atoms with Gasteiger partial charge in [0.15, 0.2) is 0 Å². The quantitative estimate of drug-likeness (QED) is 0.459. The average molecular weight is 367 g/mol. The number of fused-ring (bicyclic) bond motifs is 1. The molecule has 0 fully saturated rings. The highest BCUT2D eigenvalue weighted by Gasteiger charge is 2.38. The third kappa shape index (κ3) is 3.17. The standard InChI is InChI=1S/C19H17N3O5/c1-3-20(16-7-5-4-6-12(16)2)17(23)11-21-18(24)14-9-8-13(22(26)27)10-15(14)19(21)25/h4-10H,3,11H2,1-2H3. The van der Waals surface area contributed by atoms with E-state index in [9.17, 15) is 24.5 Å². The molecule has 8 nitrogen and oxygen atoms in total. The summed E-state index contributed by atoms with van der Waals surface area (Å²) in [5.74, 6) is -1.73. The van der Waals surface area contributed by atoms with E-state index in [1.54, 1.807) is 19.1 Å². The molecule has 1 heterocycles. The highest BCUT2D eigenvalue weighted by Crippen LogP contribution is 2.27. The Morgan fingerprint density at radius 2 is 1.78 bits per heavy atom. The molecular formula is C19H17N3O5. The van der Waals surface area contributed by atoms with Gasteiger partial charge < -0.3 is 4.90 Å². The van der Waals surface area contributed by atoms with Crippen LogP contribution in [0.4, 0.5) is 11.4 Å². The van der Waals surface area contributed by atoms with Crippen molar-refractivity contribution in [2.45, 2.75) is 13.8 Å². The number of nitrogens with zero attached hydrogens (tertiary/aromatic N) is 3. The normalized spacial score (nSPS) is 12.9. The van der Waals surface area contributed by atoms with E-state index < -0.39 is 29.2 Å². The van der Waals surface area contributed by atoms with Crippen molar-refractivity contribution in [3.8, 4) is 0 Å². The Morgan fingerprint density at radius 1 is 1.11 bits per heavy atom. The van der Waals surface area contributed by atoms with Crippen molar-refractivity contribution < 1.29 is 19.3 Å². The SMILES string of the molecule is CCN(C(=O)CN1C(=O)c2ccc([N+](=O)[O-])cc2C1=O)c1ccccc1C. The Morgan fingerprint density at radius 3 is 2.41 bits per heavy atom. The minimum absolute atomic E-state index is 0.0547. The number of nitro groups is 1. The van der Waals surface area contributed by atoms with Crippen molar-refractivity contribution in [3.63, 3.8) is 0 Å². The summed E-state index contributed by atoms with van der Waals surface area (Å²) in [6, 6.07) is 10.8. The molecule has 0 aromatic heterocycles. The van der Waals surface area contributed by atoms with Crippen LogP contribution in [-0.4, -0.2) is 40.6 Å². The Hall–Kier alpha value is -3.55. The molecule has 0 unspecified atom stereocenters. The average Bonchev–Trinajstić information content (AvgIpc) is 2.88. The van der Waals surface area contributed by atoms with Crippen LogP contribution in [0.15, 0.2) is 42.5 Å². The fourth-order valence-corrected chi connectivity index (χ4v) is 3.10. The molecule has 2 aromatic rings. The van der Waals surface area contributed by atoms with E-state index in [-0.39, 0.29) is 16.8 Å². The molecule has 0 spiro atoms. The van der Waals surface area contributed by atoms with Gasteiger partial charge in [0, 0.05) is 24.4 Å². The van der Waals surface area contributed by atoms with Crippen molar-refractivity contribution >= 4 is 29.1 Å². The van der Waals surface area contributed by atoms with Gasteiger partial charge in [-0.2, -0.15) is 0 Å². The second-order valence-electron chi connectivity index (χ2n) is 6.11. The Kier molecular flexibility index (Phi) is 4.72. The number of carbonyl (C=O) groups excluding carboxylic acids is 3. The molecule has 0 aliphatic carbocycles. The lowest BCUT2D eigenvalue weighted by Gasteiger charge is -2.25. The zero-order valence-electron chi connectivity index (χ0n) is 14.8. The summed E-state index contributed by atoms with van der Waals surface area (Å²) in [6.45, 7) is 3.61. The minimum Gasteiger partial charge on any atom is -0.311 e. The number of rotatable bonds is 5. The van der Waals surface area contributed by atoms with E-state index in [0.717, 1.165) is 16.5 Å². The molecule has 27 heavy (non-hydrogen) atoms. The number of para-hydroxylation sites is 1. The summed E-state index contributed by atoms with van der Waals surface area (Å²) < 4.78 is 0. The molecule has 0 N–H and O–H groups in total. The molecule has 2 aromatic carbocycles. The highest BCUT2D eigenvalue weighted by molar-refractivity contribution is 6.23. The molecule has 1 aliphatic heterocycles. The first-order chi connectivity index (χ1) is 12.8. The predicted octanol–water partition coefficient (Wildman–Crippen LogP) is 2.55. The number of benzene rings is 2. The second kappa shape index (κ2) is 6.99. The fourth-order valence-electron chi connectivity index (χ4n) is 3.10. The molecule has 138 valence electrons. The first-order valence-corrected chi connectivity index (χ1v) is 8.35. The van der Waals surface area contributed by atoms with E-state index in [1.165, 1.54) is 17.0 Å². The van der Waals surface area contributed by atoms with Crippen LogP contribution in [0.5, 0.6) is 0 Å². The van der Waals surface area contributed by atoms with E-state index in [2.05, 4.69) is 0 Å². The molecule has 0 saturated carbocycles. The first kappa shape index (κ1) is 18.2. The summed E-state index contributed by atoms with van der Waals surface area (Å²) in [5, 5.41) is 10.9. The van der Waals surface area contributed by atoms with Crippen LogP contribution in [0.3, 0.4) is 0 Å². The monoisotopic (exact) mass is 367 g/mol. The van der Waals surface area contributed by atoms with E-state index >= 15 is 0 Å². The van der Waals surface area contributed by atoms with Gasteiger partial charge in [0.25, 0.3) is 17.5 Å². The molecule has 0 atom stereocenters. The number of imide groups is 1. The van der Waals surface area contributed by atoms with Crippen LogP contribution < -0.4 is 4.90 Å². The van der Waals surface area contributed by atoms with Gasteiger partial charge in [-0.15, -0.1) is 0 Å². The topological polar surface area (TPSA) is 101 Å². The smallest absolute Gasteiger partial charge is 0.270 e. The number of carbonyl (C=O) groups is 3. The fraction of sp³-hybridized carbons (Fsp3) is 0.211. The van der Waals surface area contributed by atoms with Gasteiger partial charge in [-0.1, -0.05) is 18.2 Å². The zero-order chi connectivity index (χ0) is 19.7. The van der Waals surface area contributed by atoms with E-state index in [4.69, 9.17) is 0 Å². The molecule has 3 rings (SSSR count). The molecule has 0 radical (unpaired) electrons. The lowest BCUT2D eigenvalue weighted by atomic mass is 10.1. The lowest BCUT2D eigenvalue weighted by Crippen LogP contribution is -2.43. The van der Waals surface area contributed by atoms with Gasteiger partial charge in [-0.25, -0.2) is 0 Å². The maximum Gasteiger partial charge on any atom is 0.270 e. The second-order valence-corrected chi connectivity index (χ2v) is 6.11. The minimum atomic E-state index is -0.701. The van der Waals surface area contributed by atoms with Gasteiger partial charge in [-0.05, 0) is 31.5 Å². The first-order valence-electron chi connectivity index (χ1n) is 8.35. The number of hydrogen-bond donors (Lipinski definition) is 0. The van der Waals surface area contributed by atoms with Crippen molar-refractivity contribution in [2.75, 3.05) is 18.0 Å². The highest BCUT2D eigenvalue weighted by atomic mass is 16.6. The van der Waals surface area contributed by atoms with Gasteiger partial charge >= 0.3 is 0 Å². The van der Waals surface area contributed by atoms with Crippen LogP contribution in [0.1, 0.15) is 33.2 Å². The Balaban J connectivity index is 1.86. The van der Waals surface area contributed by atoms with Gasteiger partial charge in [0.05, 0.1) is 16.1 Å². The molecule has 1 aliphatic rings. The number of aryl methyl sites for hydroxylation is 1. The van der Waals surface area contributed by atoms with E-state index in [1.807, 2.05) is 19.1 Å². The van der Waals surface area contributed by atoms with Crippen molar-refractivity contribution in [1.29, 1.82) is 0 Å². The number of likely N-dealkylation sites (N-methyl/N-ethyl adjacent to an activating group) is 1. The number of hydrogen-bond acceptors (Lipinski definition) is 5. The maximum absolute atomic E-state index is 12.8. The number of amides is 3. The summed E-state index contributed by atoms with van der Waals surface area (Å²) >= 11 is 0. The summed E-state index contributed by atoms with van der Waals surface area (Å²) in [4.78, 5) is 50.4. The van der Waals surface area contributed by atoms with Crippen LogP contribution in [-0.2, 0) is 4.79 Å². The van der Waals surface area contributed by atoms with Crippen LogP contribution in [0.2, 0.25) is 0 Å². The molecule has 8 heteroatoms. The zero-order valence-corrected chi connectivity index (χ0v) is 14.8. The van der Waals surface area contributed by atoms with Crippen molar-refractivity contribution in [1.82, 2.24) is 4.90 Å². The van der Waals surface area contributed by atoms with Crippen LogP contribution in [0.25, 0.3) is 0 Å². The van der Waals surface area contributed by atoms with Gasteiger partial charge in [-0.3, -0.25) is 29.4 Å². The van der Waals surface area contributed by atoms with Gasteiger partial charge in [0.2, 0.25) is 5.91 Å². The number of anilines is 1. The van der Waals surface area contributed by atoms with Gasteiger partial charge in [0.1, 0.15) is 6.54 Å². The molecular weight excluding hydrogens is 350 g/mol. The van der Waals surface area contributed by atoms with E-state index in [0.29, 0.717) is 12.2 Å². The Labute approximate surface area is 155 Å². The third-order valence-corrected chi connectivity index (χ3v) is 4.48. The third-order valence-electron chi connectivity index (χ3n) is 4.48. The summed E-state index contributed by atoms with van der Waals surface area (Å²) in [5.41, 5.74) is 1.33. The largest absolute Gasteiger partial charge is 0.311 e. The predicted molar refractivity (Wildman–Crippen MR) is 97.7 cm³/mol. The van der Waals surface area contributed by atoms with Crippen molar-refractivity contribution in [2.24, 2.45) is 0 Å².